The number of carbonyl (C=O) groups is 2. The van der Waals surface area contributed by atoms with Crippen molar-refractivity contribution in [2.75, 3.05) is 12.4 Å². The molecular formula is C16H13Cl2NO3. The lowest BCUT2D eigenvalue weighted by atomic mass is 10.0. The molecule has 1 N–H and O–H groups in total. The van der Waals surface area contributed by atoms with Crippen LogP contribution in [0.5, 0.6) is 0 Å². The molecule has 0 aromatic heterocycles. The zero-order valence-corrected chi connectivity index (χ0v) is 13.2. The molecule has 0 bridgehead atoms. The van der Waals surface area contributed by atoms with E-state index in [2.05, 4.69) is 5.32 Å². The van der Waals surface area contributed by atoms with Crippen LogP contribution in [0.2, 0.25) is 0 Å². The third-order valence-corrected chi connectivity index (χ3v) is 4.53. The second-order valence-corrected chi connectivity index (χ2v) is 6.79. The van der Waals surface area contributed by atoms with Crippen molar-refractivity contribution in [1.82, 2.24) is 0 Å². The number of amides is 1. The van der Waals surface area contributed by atoms with Gasteiger partial charge in [0.05, 0.1) is 24.3 Å². The number of hydrogen-bond donors (Lipinski definition) is 1. The molecule has 2 aromatic carbocycles. The van der Waals surface area contributed by atoms with Crippen LogP contribution in [0.3, 0.4) is 0 Å². The Balaban J connectivity index is 1.99. The van der Waals surface area contributed by atoms with Crippen LogP contribution >= 0.6 is 23.2 Å². The van der Waals surface area contributed by atoms with Crippen molar-refractivity contribution >= 4 is 51.5 Å². The van der Waals surface area contributed by atoms with E-state index in [1.54, 1.807) is 12.1 Å². The third-order valence-electron chi connectivity index (χ3n) is 3.69. The fourth-order valence-corrected chi connectivity index (χ4v) is 2.85. The number of anilines is 1. The largest absolute Gasteiger partial charge is 0.465 e. The molecule has 22 heavy (non-hydrogen) atoms. The molecule has 1 amide bonds. The number of halogens is 2. The second kappa shape index (κ2) is 5.45. The van der Waals surface area contributed by atoms with E-state index in [1.807, 2.05) is 24.3 Å². The van der Waals surface area contributed by atoms with E-state index < -0.39 is 16.2 Å². The van der Waals surface area contributed by atoms with E-state index in [4.69, 9.17) is 27.9 Å². The van der Waals surface area contributed by atoms with Gasteiger partial charge < -0.3 is 10.1 Å². The lowest BCUT2D eigenvalue weighted by molar-refractivity contribution is -0.117. The summed E-state index contributed by atoms with van der Waals surface area (Å²) in [5.41, 5.74) is 0.691. The quantitative estimate of drug-likeness (QED) is 0.685. The average Bonchev–Trinajstić information content (AvgIpc) is 3.14. The van der Waals surface area contributed by atoms with Crippen molar-refractivity contribution < 1.29 is 14.3 Å². The normalized spacial score (nSPS) is 18.8. The van der Waals surface area contributed by atoms with Gasteiger partial charge >= 0.3 is 5.97 Å². The van der Waals surface area contributed by atoms with Gasteiger partial charge in [-0.1, -0.05) is 24.3 Å². The van der Waals surface area contributed by atoms with Gasteiger partial charge in [-0.15, -0.1) is 23.2 Å². The number of alkyl halides is 2. The number of hydrogen-bond acceptors (Lipinski definition) is 3. The van der Waals surface area contributed by atoms with E-state index >= 15 is 0 Å². The summed E-state index contributed by atoms with van der Waals surface area (Å²) in [4.78, 5) is 24.1. The average molecular weight is 338 g/mol. The molecule has 1 aliphatic carbocycles. The van der Waals surface area contributed by atoms with Gasteiger partial charge in [0.2, 0.25) is 5.91 Å². The first kappa shape index (κ1) is 15.1. The van der Waals surface area contributed by atoms with Crippen molar-refractivity contribution in [1.29, 1.82) is 0 Å². The molecule has 2 aromatic rings. The maximum absolute atomic E-state index is 12.2. The highest BCUT2D eigenvalue weighted by atomic mass is 35.5. The van der Waals surface area contributed by atoms with Crippen LogP contribution in [-0.4, -0.2) is 23.3 Å². The maximum atomic E-state index is 12.2. The molecule has 4 nitrogen and oxygen atoms in total. The van der Waals surface area contributed by atoms with E-state index in [9.17, 15) is 9.59 Å². The number of fused-ring (bicyclic) bond motifs is 1. The molecule has 1 saturated carbocycles. The predicted octanol–water partition coefficient (Wildman–Crippen LogP) is 3.76. The third kappa shape index (κ3) is 2.76. The minimum atomic E-state index is -1.01. The first-order valence-electron chi connectivity index (χ1n) is 6.72. The Hall–Kier alpha value is -1.78. The smallest absolute Gasteiger partial charge is 0.339 e. The fraction of sp³-hybridized carbons (Fsp3) is 0.250. The van der Waals surface area contributed by atoms with E-state index in [1.165, 1.54) is 7.11 Å². The van der Waals surface area contributed by atoms with E-state index in [0.717, 1.165) is 10.8 Å². The highest BCUT2D eigenvalue weighted by Crippen LogP contribution is 2.53. The molecule has 6 heteroatoms. The Labute approximate surface area is 137 Å². The van der Waals surface area contributed by atoms with Crippen molar-refractivity contribution in [2.45, 2.75) is 10.8 Å². The first-order chi connectivity index (χ1) is 10.4. The highest BCUT2D eigenvalue weighted by molar-refractivity contribution is 6.52. The predicted molar refractivity (Wildman–Crippen MR) is 86.5 cm³/mol. The molecule has 0 saturated heterocycles. The molecule has 0 radical (unpaired) electrons. The second-order valence-electron chi connectivity index (χ2n) is 5.24. The molecular weight excluding hydrogens is 325 g/mol. The minimum absolute atomic E-state index is 0.296. The Kier molecular flexibility index (Phi) is 3.75. The van der Waals surface area contributed by atoms with Gasteiger partial charge in [0.15, 0.2) is 0 Å². The Morgan fingerprint density at radius 2 is 1.82 bits per heavy atom. The Morgan fingerprint density at radius 1 is 1.23 bits per heavy atom. The molecule has 0 aliphatic heterocycles. The first-order valence-corrected chi connectivity index (χ1v) is 7.48. The van der Waals surface area contributed by atoms with Gasteiger partial charge in [-0.2, -0.15) is 0 Å². The van der Waals surface area contributed by atoms with Crippen LogP contribution in [0.25, 0.3) is 10.8 Å². The van der Waals surface area contributed by atoms with Crippen LogP contribution in [0.4, 0.5) is 5.69 Å². The molecule has 1 atom stereocenters. The lowest BCUT2D eigenvalue weighted by Crippen LogP contribution is -2.19. The SMILES string of the molecule is COC(=O)c1cc2ccccc2cc1NC(=O)C1CC1(Cl)Cl. The summed E-state index contributed by atoms with van der Waals surface area (Å²) in [6, 6.07) is 11.0. The lowest BCUT2D eigenvalue weighted by Gasteiger charge is -2.12. The number of esters is 1. The summed E-state index contributed by atoms with van der Waals surface area (Å²) >= 11 is 11.8. The summed E-state index contributed by atoms with van der Waals surface area (Å²) in [5, 5.41) is 4.52. The monoisotopic (exact) mass is 337 g/mol. The molecule has 114 valence electrons. The number of ether oxygens (including phenoxy) is 1. The Morgan fingerprint density at radius 3 is 2.36 bits per heavy atom. The number of methoxy groups -OCH3 is 1. The number of carbonyl (C=O) groups excluding carboxylic acids is 2. The molecule has 0 heterocycles. The van der Waals surface area contributed by atoms with Gasteiger partial charge in [0.1, 0.15) is 4.33 Å². The van der Waals surface area contributed by atoms with Gasteiger partial charge in [-0.05, 0) is 29.3 Å². The molecule has 1 aliphatic rings. The topological polar surface area (TPSA) is 55.4 Å². The minimum Gasteiger partial charge on any atom is -0.465 e. The Bertz CT molecular complexity index is 773. The van der Waals surface area contributed by atoms with Gasteiger partial charge in [0, 0.05) is 0 Å². The maximum Gasteiger partial charge on any atom is 0.339 e. The molecule has 0 spiro atoms. The van der Waals surface area contributed by atoms with Crippen LogP contribution in [-0.2, 0) is 9.53 Å². The zero-order valence-electron chi connectivity index (χ0n) is 11.7. The number of nitrogens with one attached hydrogen (secondary N) is 1. The standard InChI is InChI=1S/C16H13Cl2NO3/c1-22-15(21)11-6-9-4-2-3-5-10(9)7-13(11)19-14(20)12-8-16(12,17)18/h2-7,12H,8H2,1H3,(H,19,20). The fourth-order valence-electron chi connectivity index (χ4n) is 2.34. The van der Waals surface area contributed by atoms with Crippen molar-refractivity contribution in [3.63, 3.8) is 0 Å². The zero-order chi connectivity index (χ0) is 15.9. The van der Waals surface area contributed by atoms with Gasteiger partial charge in [-0.25, -0.2) is 4.79 Å². The number of benzene rings is 2. The number of rotatable bonds is 3. The van der Waals surface area contributed by atoms with Crippen molar-refractivity contribution in [2.24, 2.45) is 5.92 Å². The molecule has 3 rings (SSSR count). The summed E-state index contributed by atoms with van der Waals surface area (Å²) in [6.07, 6.45) is 0.406. The van der Waals surface area contributed by atoms with Gasteiger partial charge in [0.25, 0.3) is 0 Å². The summed E-state index contributed by atoms with van der Waals surface area (Å²) in [6.45, 7) is 0. The summed E-state index contributed by atoms with van der Waals surface area (Å²) in [7, 11) is 1.30. The summed E-state index contributed by atoms with van der Waals surface area (Å²) in [5.74, 6) is -1.28. The van der Waals surface area contributed by atoms with E-state index in [0.29, 0.717) is 17.7 Å². The van der Waals surface area contributed by atoms with Gasteiger partial charge in [-0.3, -0.25) is 4.79 Å². The molecule has 1 unspecified atom stereocenters. The van der Waals surface area contributed by atoms with Crippen LogP contribution in [0, 0.1) is 5.92 Å². The van der Waals surface area contributed by atoms with Crippen LogP contribution < -0.4 is 5.32 Å². The van der Waals surface area contributed by atoms with Crippen molar-refractivity contribution in [3.8, 4) is 0 Å². The van der Waals surface area contributed by atoms with Crippen LogP contribution in [0.15, 0.2) is 36.4 Å². The highest BCUT2D eigenvalue weighted by Gasteiger charge is 2.56. The van der Waals surface area contributed by atoms with Crippen LogP contribution in [0.1, 0.15) is 16.8 Å². The molecule has 1 fully saturated rings. The van der Waals surface area contributed by atoms with E-state index in [-0.39, 0.29) is 5.91 Å². The van der Waals surface area contributed by atoms with Crippen molar-refractivity contribution in [3.05, 3.63) is 42.0 Å². The summed E-state index contributed by atoms with van der Waals surface area (Å²) < 4.78 is 3.77.